The minimum atomic E-state index is 0. The first-order valence-corrected chi connectivity index (χ1v) is 7.75. The number of hydrogen-bond donors (Lipinski definition) is 2. The van der Waals surface area contributed by atoms with Crippen LogP contribution in [0.3, 0.4) is 0 Å². The molecule has 1 heterocycles. The number of halogens is 1. The third-order valence-corrected chi connectivity index (χ3v) is 3.54. The Morgan fingerprint density at radius 1 is 1.30 bits per heavy atom. The maximum Gasteiger partial charge on any atom is 0.191 e. The summed E-state index contributed by atoms with van der Waals surface area (Å²) in [7, 11) is 1.80. The lowest BCUT2D eigenvalue weighted by Crippen LogP contribution is -2.43. The van der Waals surface area contributed by atoms with E-state index in [0.717, 1.165) is 31.9 Å². The van der Waals surface area contributed by atoms with E-state index in [-0.39, 0.29) is 24.0 Å². The van der Waals surface area contributed by atoms with E-state index in [4.69, 9.17) is 0 Å². The zero-order valence-electron chi connectivity index (χ0n) is 13.8. The fraction of sp³-hybridized carbons (Fsp3) is 0.412. The van der Waals surface area contributed by atoms with Gasteiger partial charge in [-0.2, -0.15) is 0 Å². The maximum atomic E-state index is 4.27. The molecule has 0 bridgehead atoms. The fourth-order valence-electron chi connectivity index (χ4n) is 2.25. The first-order valence-electron chi connectivity index (χ1n) is 7.75. The van der Waals surface area contributed by atoms with Gasteiger partial charge < -0.3 is 15.2 Å². The zero-order valence-corrected chi connectivity index (χ0v) is 16.1. The normalized spacial score (nSPS) is 12.3. The molecule has 0 amide bonds. The second kappa shape index (κ2) is 11.0. The average Bonchev–Trinajstić information content (AvgIpc) is 3.06. The lowest BCUT2D eigenvalue weighted by Gasteiger charge is -2.18. The second-order valence-corrected chi connectivity index (χ2v) is 5.37. The monoisotopic (exact) mass is 427 g/mol. The Labute approximate surface area is 155 Å². The van der Waals surface area contributed by atoms with Crippen LogP contribution in [0.2, 0.25) is 0 Å². The van der Waals surface area contributed by atoms with Crippen molar-refractivity contribution in [2.24, 2.45) is 4.99 Å². The number of aromatic nitrogens is 2. The van der Waals surface area contributed by atoms with Crippen molar-refractivity contribution in [1.82, 2.24) is 20.2 Å². The Hall–Kier alpha value is -1.57. The van der Waals surface area contributed by atoms with Gasteiger partial charge in [-0.05, 0) is 25.3 Å². The largest absolute Gasteiger partial charge is 0.355 e. The van der Waals surface area contributed by atoms with Crippen molar-refractivity contribution in [3.8, 4) is 0 Å². The number of guanidine groups is 1. The molecule has 0 aliphatic rings. The highest BCUT2D eigenvalue weighted by molar-refractivity contribution is 14.0. The molecule has 1 aromatic carbocycles. The van der Waals surface area contributed by atoms with Gasteiger partial charge in [-0.25, -0.2) is 4.98 Å². The highest BCUT2D eigenvalue weighted by atomic mass is 127. The van der Waals surface area contributed by atoms with Crippen LogP contribution < -0.4 is 10.6 Å². The van der Waals surface area contributed by atoms with Gasteiger partial charge in [0, 0.05) is 38.6 Å². The van der Waals surface area contributed by atoms with E-state index in [0.29, 0.717) is 6.04 Å². The third-order valence-electron chi connectivity index (χ3n) is 3.54. The number of benzene rings is 1. The van der Waals surface area contributed by atoms with Crippen molar-refractivity contribution >= 4 is 29.9 Å². The van der Waals surface area contributed by atoms with Crippen molar-refractivity contribution in [2.45, 2.75) is 32.4 Å². The van der Waals surface area contributed by atoms with Gasteiger partial charge in [0.15, 0.2) is 5.96 Å². The van der Waals surface area contributed by atoms with E-state index in [1.54, 1.807) is 13.2 Å². The third kappa shape index (κ3) is 7.49. The standard InChI is InChI=1S/C17H25N5.HI/c1-15(8-9-16-6-4-3-5-7-16)21-17(18-2)20-11-13-22-12-10-19-14-22;/h3-7,10,12,14-15H,8-9,11,13H2,1-2H3,(H2,18,20,21);1H. The minimum absolute atomic E-state index is 0. The van der Waals surface area contributed by atoms with Crippen LogP contribution in [0.4, 0.5) is 0 Å². The summed E-state index contributed by atoms with van der Waals surface area (Å²) in [5.41, 5.74) is 1.37. The molecule has 1 aromatic heterocycles. The molecule has 0 aliphatic carbocycles. The fourth-order valence-corrected chi connectivity index (χ4v) is 2.25. The Morgan fingerprint density at radius 2 is 2.09 bits per heavy atom. The molecular formula is C17H26IN5. The Morgan fingerprint density at radius 3 is 2.74 bits per heavy atom. The van der Waals surface area contributed by atoms with Gasteiger partial charge >= 0.3 is 0 Å². The van der Waals surface area contributed by atoms with E-state index in [1.807, 2.05) is 17.1 Å². The van der Waals surface area contributed by atoms with Crippen molar-refractivity contribution in [2.75, 3.05) is 13.6 Å². The molecule has 0 radical (unpaired) electrons. The molecule has 1 unspecified atom stereocenters. The predicted molar refractivity (Wildman–Crippen MR) is 106 cm³/mol. The highest BCUT2D eigenvalue weighted by Crippen LogP contribution is 2.04. The molecule has 6 heteroatoms. The molecule has 2 N–H and O–H groups in total. The molecule has 0 fully saturated rings. The number of nitrogens with zero attached hydrogens (tertiary/aromatic N) is 3. The summed E-state index contributed by atoms with van der Waals surface area (Å²) in [6.07, 6.45) is 7.71. The van der Waals surface area contributed by atoms with Crippen LogP contribution in [0, 0.1) is 0 Å². The molecule has 0 saturated heterocycles. The van der Waals surface area contributed by atoms with E-state index >= 15 is 0 Å². The van der Waals surface area contributed by atoms with E-state index < -0.39 is 0 Å². The Kier molecular flexibility index (Phi) is 9.35. The molecule has 5 nitrogen and oxygen atoms in total. The maximum absolute atomic E-state index is 4.27. The number of rotatable bonds is 7. The number of aryl methyl sites for hydroxylation is 1. The number of nitrogens with one attached hydrogen (secondary N) is 2. The van der Waals surface area contributed by atoms with Crippen molar-refractivity contribution in [3.05, 3.63) is 54.6 Å². The van der Waals surface area contributed by atoms with Crippen LogP contribution in [0.25, 0.3) is 0 Å². The quantitative estimate of drug-likeness (QED) is 0.406. The van der Waals surface area contributed by atoms with Crippen LogP contribution in [0.15, 0.2) is 54.0 Å². The molecule has 23 heavy (non-hydrogen) atoms. The Balaban J connectivity index is 0.00000264. The first-order chi connectivity index (χ1) is 10.8. The summed E-state index contributed by atoms with van der Waals surface area (Å²) in [5.74, 6) is 0.848. The SMILES string of the molecule is CN=C(NCCn1ccnc1)NC(C)CCc1ccccc1.I. The van der Waals surface area contributed by atoms with Gasteiger partial charge in [0.25, 0.3) is 0 Å². The topological polar surface area (TPSA) is 54.2 Å². The second-order valence-electron chi connectivity index (χ2n) is 5.37. The lowest BCUT2D eigenvalue weighted by molar-refractivity contribution is 0.585. The lowest BCUT2D eigenvalue weighted by atomic mass is 10.1. The van der Waals surface area contributed by atoms with Crippen LogP contribution in [0.5, 0.6) is 0 Å². The van der Waals surface area contributed by atoms with E-state index in [2.05, 4.69) is 57.9 Å². The molecule has 0 saturated carbocycles. The molecular weight excluding hydrogens is 401 g/mol. The van der Waals surface area contributed by atoms with Crippen LogP contribution in [-0.4, -0.2) is 35.1 Å². The van der Waals surface area contributed by atoms with Crippen LogP contribution >= 0.6 is 24.0 Å². The van der Waals surface area contributed by atoms with Gasteiger partial charge in [-0.1, -0.05) is 30.3 Å². The predicted octanol–water partition coefficient (Wildman–Crippen LogP) is 2.69. The molecule has 2 aromatic rings. The Bertz CT molecular complexity index is 554. The zero-order chi connectivity index (χ0) is 15.6. The summed E-state index contributed by atoms with van der Waals surface area (Å²) in [5, 5.41) is 6.76. The van der Waals surface area contributed by atoms with Crippen molar-refractivity contribution in [3.63, 3.8) is 0 Å². The van der Waals surface area contributed by atoms with Gasteiger partial charge in [-0.3, -0.25) is 4.99 Å². The van der Waals surface area contributed by atoms with Gasteiger partial charge in [0.05, 0.1) is 6.33 Å². The summed E-state index contributed by atoms with van der Waals surface area (Å²) in [6, 6.07) is 10.9. The van der Waals surface area contributed by atoms with Gasteiger partial charge in [0.2, 0.25) is 0 Å². The number of aliphatic imine (C=N–C) groups is 1. The summed E-state index contributed by atoms with van der Waals surface area (Å²) < 4.78 is 2.04. The molecule has 0 spiro atoms. The summed E-state index contributed by atoms with van der Waals surface area (Å²) in [6.45, 7) is 3.88. The van der Waals surface area contributed by atoms with E-state index in [1.165, 1.54) is 5.56 Å². The summed E-state index contributed by atoms with van der Waals surface area (Å²) in [4.78, 5) is 8.30. The van der Waals surface area contributed by atoms with Crippen molar-refractivity contribution < 1.29 is 0 Å². The van der Waals surface area contributed by atoms with Gasteiger partial charge in [-0.15, -0.1) is 24.0 Å². The van der Waals surface area contributed by atoms with Crippen LogP contribution in [-0.2, 0) is 13.0 Å². The smallest absolute Gasteiger partial charge is 0.191 e. The van der Waals surface area contributed by atoms with Crippen LogP contribution in [0.1, 0.15) is 18.9 Å². The van der Waals surface area contributed by atoms with Gasteiger partial charge in [0.1, 0.15) is 0 Å². The average molecular weight is 427 g/mol. The van der Waals surface area contributed by atoms with E-state index in [9.17, 15) is 0 Å². The highest BCUT2D eigenvalue weighted by Gasteiger charge is 2.05. The molecule has 0 aliphatic heterocycles. The number of hydrogen-bond acceptors (Lipinski definition) is 2. The number of imidazole rings is 1. The molecule has 1 atom stereocenters. The first kappa shape index (κ1) is 19.5. The minimum Gasteiger partial charge on any atom is -0.355 e. The molecule has 2 rings (SSSR count). The molecule has 126 valence electrons. The summed E-state index contributed by atoms with van der Waals surface area (Å²) >= 11 is 0. The van der Waals surface area contributed by atoms with Crippen molar-refractivity contribution in [1.29, 1.82) is 0 Å².